The zero-order valence-electron chi connectivity index (χ0n) is 13.2. The number of aliphatic imine (C=N–C) groups is 1. The van der Waals surface area contributed by atoms with Crippen LogP contribution in [-0.4, -0.2) is 29.3 Å². The van der Waals surface area contributed by atoms with E-state index in [1.165, 1.54) is 11.8 Å². The lowest BCUT2D eigenvalue weighted by Gasteiger charge is -2.07. The largest absolute Gasteiger partial charge is 0.290 e. The second kappa shape index (κ2) is 7.47. The van der Waals surface area contributed by atoms with Crippen LogP contribution in [0.1, 0.15) is 5.56 Å². The number of benzene rings is 2. The van der Waals surface area contributed by atoms with Crippen LogP contribution in [-0.2, 0) is 4.79 Å². The molecule has 1 fully saturated rings. The highest BCUT2D eigenvalue weighted by Crippen LogP contribution is 2.33. The number of halogens is 1. The van der Waals surface area contributed by atoms with Crippen LogP contribution in [0, 0.1) is 0 Å². The third-order valence-corrected chi connectivity index (χ3v) is 5.49. The van der Waals surface area contributed by atoms with Crippen molar-refractivity contribution in [2.75, 3.05) is 13.3 Å². The maximum Gasteiger partial charge on any atom is 0.266 e. The Morgan fingerprint density at radius 2 is 1.96 bits per heavy atom. The summed E-state index contributed by atoms with van der Waals surface area (Å²) in [5, 5.41) is 1.36. The molecule has 122 valence electrons. The van der Waals surface area contributed by atoms with E-state index >= 15 is 0 Å². The van der Waals surface area contributed by atoms with Crippen molar-refractivity contribution in [1.29, 1.82) is 0 Å². The zero-order chi connectivity index (χ0) is 17.1. The summed E-state index contributed by atoms with van der Waals surface area (Å²) in [6.45, 7) is 0. The second-order valence-corrected chi connectivity index (χ2v) is 7.45. The van der Waals surface area contributed by atoms with Crippen molar-refractivity contribution in [1.82, 2.24) is 4.90 Å². The van der Waals surface area contributed by atoms with Gasteiger partial charge in [0.15, 0.2) is 5.17 Å². The van der Waals surface area contributed by atoms with Crippen LogP contribution in [0.25, 0.3) is 6.08 Å². The van der Waals surface area contributed by atoms with E-state index in [2.05, 4.69) is 4.99 Å². The van der Waals surface area contributed by atoms with Crippen molar-refractivity contribution in [3.63, 3.8) is 0 Å². The molecule has 0 saturated carbocycles. The maximum absolute atomic E-state index is 12.4. The Kier molecular flexibility index (Phi) is 5.33. The van der Waals surface area contributed by atoms with Gasteiger partial charge in [-0.05, 0) is 60.0 Å². The molecule has 0 radical (unpaired) electrons. The van der Waals surface area contributed by atoms with E-state index in [1.807, 2.05) is 60.9 Å². The monoisotopic (exact) mass is 374 g/mol. The lowest BCUT2D eigenvalue weighted by Crippen LogP contribution is -2.23. The Morgan fingerprint density at radius 3 is 2.67 bits per heavy atom. The molecule has 3 nitrogen and oxygen atoms in total. The average Bonchev–Trinajstić information content (AvgIpc) is 2.85. The molecule has 1 saturated heterocycles. The summed E-state index contributed by atoms with van der Waals surface area (Å²) < 4.78 is 0. The number of carbonyl (C=O) groups is 1. The minimum absolute atomic E-state index is 0.0466. The molecule has 2 aromatic carbocycles. The fourth-order valence-electron chi connectivity index (χ4n) is 2.15. The number of likely N-dealkylation sites (N-methyl/N-ethyl adjacent to an activating group) is 1. The summed E-state index contributed by atoms with van der Waals surface area (Å²) >= 11 is 8.95. The van der Waals surface area contributed by atoms with Crippen LogP contribution in [0.5, 0.6) is 0 Å². The van der Waals surface area contributed by atoms with E-state index in [9.17, 15) is 4.79 Å². The number of amidine groups is 1. The Bertz CT molecular complexity index is 831. The van der Waals surface area contributed by atoms with E-state index in [0.717, 1.165) is 16.1 Å². The van der Waals surface area contributed by atoms with Gasteiger partial charge in [-0.3, -0.25) is 9.69 Å². The molecule has 1 amide bonds. The van der Waals surface area contributed by atoms with Crippen molar-refractivity contribution in [2.45, 2.75) is 4.90 Å². The molecular weight excluding hydrogens is 360 g/mol. The van der Waals surface area contributed by atoms with Crippen molar-refractivity contribution in [3.05, 3.63) is 64.0 Å². The minimum Gasteiger partial charge on any atom is -0.290 e. The van der Waals surface area contributed by atoms with Crippen molar-refractivity contribution < 1.29 is 4.79 Å². The minimum atomic E-state index is -0.0466. The standard InChI is InChI=1S/C18H15ClN2OS2/c1-21-17(22)16(10-12-6-8-13(19)9-7-12)24-18(21)20-14-4-3-5-15(11-14)23-2/h3-11H,1-2H3/b16-10+,20-18?. The van der Waals surface area contributed by atoms with Gasteiger partial charge in [0.1, 0.15) is 0 Å². The molecule has 1 heterocycles. The number of nitrogens with zero attached hydrogens (tertiary/aromatic N) is 2. The Hall–Kier alpha value is -1.69. The predicted octanol–water partition coefficient (Wildman–Crippen LogP) is 5.30. The highest BCUT2D eigenvalue weighted by Gasteiger charge is 2.30. The Balaban J connectivity index is 1.88. The SMILES string of the molecule is CSc1cccc(N=C2S/C(=C/c3ccc(Cl)cc3)C(=O)N2C)c1. The molecule has 1 aliphatic rings. The third-order valence-electron chi connectivity index (χ3n) is 3.45. The first-order chi connectivity index (χ1) is 11.6. The van der Waals surface area contributed by atoms with Crippen molar-refractivity contribution in [2.24, 2.45) is 4.99 Å². The number of hydrogen-bond donors (Lipinski definition) is 0. The first-order valence-corrected chi connectivity index (χ1v) is 9.64. The molecule has 6 heteroatoms. The summed E-state index contributed by atoms with van der Waals surface area (Å²) in [5.74, 6) is -0.0466. The van der Waals surface area contributed by atoms with Gasteiger partial charge < -0.3 is 0 Å². The van der Waals surface area contributed by atoms with Gasteiger partial charge in [-0.25, -0.2) is 4.99 Å². The number of rotatable bonds is 3. The molecule has 24 heavy (non-hydrogen) atoms. The molecule has 2 aromatic rings. The van der Waals surface area contributed by atoms with Crippen LogP contribution >= 0.6 is 35.1 Å². The summed E-state index contributed by atoms with van der Waals surface area (Å²) in [4.78, 5) is 20.4. The lowest BCUT2D eigenvalue weighted by molar-refractivity contribution is -0.121. The molecule has 0 aromatic heterocycles. The first-order valence-electron chi connectivity index (χ1n) is 7.23. The molecule has 0 N–H and O–H groups in total. The van der Waals surface area contributed by atoms with Gasteiger partial charge in [0.2, 0.25) is 0 Å². The summed E-state index contributed by atoms with van der Waals surface area (Å²) in [5.41, 5.74) is 1.78. The molecule has 0 spiro atoms. The van der Waals surface area contributed by atoms with Gasteiger partial charge in [-0.1, -0.05) is 29.8 Å². The number of amides is 1. The smallest absolute Gasteiger partial charge is 0.266 e. The quantitative estimate of drug-likeness (QED) is 0.540. The van der Waals surface area contributed by atoms with Crippen molar-refractivity contribution in [3.8, 4) is 0 Å². The molecule has 1 aliphatic heterocycles. The molecule has 0 bridgehead atoms. The number of thioether (sulfide) groups is 2. The van der Waals surface area contributed by atoms with Gasteiger partial charge >= 0.3 is 0 Å². The number of carbonyl (C=O) groups excluding carboxylic acids is 1. The van der Waals surface area contributed by atoms with Crippen LogP contribution in [0.15, 0.2) is 63.3 Å². The Morgan fingerprint density at radius 1 is 1.21 bits per heavy atom. The molecular formula is C18H15ClN2OS2. The molecule has 0 unspecified atom stereocenters. The van der Waals surface area contributed by atoms with Crippen LogP contribution in [0.3, 0.4) is 0 Å². The van der Waals surface area contributed by atoms with E-state index in [1.54, 1.807) is 23.7 Å². The van der Waals surface area contributed by atoms with Gasteiger partial charge in [-0.15, -0.1) is 11.8 Å². The fraction of sp³-hybridized carbons (Fsp3) is 0.111. The summed E-state index contributed by atoms with van der Waals surface area (Å²) in [7, 11) is 1.75. The summed E-state index contributed by atoms with van der Waals surface area (Å²) in [6, 6.07) is 15.4. The van der Waals surface area contributed by atoms with E-state index < -0.39 is 0 Å². The van der Waals surface area contributed by atoms with Gasteiger partial charge in [-0.2, -0.15) is 0 Å². The molecule has 0 atom stereocenters. The summed E-state index contributed by atoms with van der Waals surface area (Å²) in [6.07, 6.45) is 3.89. The Labute approximate surface area is 154 Å². The highest BCUT2D eigenvalue weighted by atomic mass is 35.5. The maximum atomic E-state index is 12.4. The zero-order valence-corrected chi connectivity index (χ0v) is 15.6. The highest BCUT2D eigenvalue weighted by molar-refractivity contribution is 8.18. The normalized spacial score (nSPS) is 18.0. The van der Waals surface area contributed by atoms with Crippen molar-refractivity contribution >= 4 is 58.0 Å². The predicted molar refractivity (Wildman–Crippen MR) is 105 cm³/mol. The van der Waals surface area contributed by atoms with E-state index in [4.69, 9.17) is 11.6 Å². The number of hydrogen-bond acceptors (Lipinski definition) is 4. The van der Waals surface area contributed by atoms with Gasteiger partial charge in [0, 0.05) is 17.0 Å². The van der Waals surface area contributed by atoms with Crippen LogP contribution in [0.2, 0.25) is 5.02 Å². The molecule has 3 rings (SSSR count). The topological polar surface area (TPSA) is 32.7 Å². The average molecular weight is 375 g/mol. The fourth-order valence-corrected chi connectivity index (χ4v) is 3.72. The van der Waals surface area contributed by atoms with Crippen LogP contribution in [0.4, 0.5) is 5.69 Å². The lowest BCUT2D eigenvalue weighted by atomic mass is 10.2. The second-order valence-electron chi connectivity index (χ2n) is 5.12. The third kappa shape index (κ3) is 3.86. The first kappa shape index (κ1) is 17.1. The van der Waals surface area contributed by atoms with Gasteiger partial charge in [0.25, 0.3) is 5.91 Å². The van der Waals surface area contributed by atoms with E-state index in [0.29, 0.717) is 15.1 Å². The molecule has 0 aliphatic carbocycles. The van der Waals surface area contributed by atoms with Gasteiger partial charge in [0.05, 0.1) is 10.6 Å². The van der Waals surface area contributed by atoms with Crippen LogP contribution < -0.4 is 0 Å². The van der Waals surface area contributed by atoms with E-state index in [-0.39, 0.29) is 5.91 Å².